The smallest absolute Gasteiger partial charge is 0.343 e. The number of nitrogens with zero attached hydrogens (tertiary/aromatic N) is 1. The summed E-state index contributed by atoms with van der Waals surface area (Å²) in [4.78, 5) is 10.2. The van der Waals surface area contributed by atoms with Crippen LogP contribution < -0.4 is 0 Å². The number of rotatable bonds is 8. The lowest BCUT2D eigenvalue weighted by atomic mass is 9.89. The molecule has 19 heteroatoms. The minimum atomic E-state index is -8.57. The van der Waals surface area contributed by atoms with Gasteiger partial charge in [0, 0.05) is 14.1 Å². The molecule has 0 spiro atoms. The second-order valence-electron chi connectivity index (χ2n) is 5.72. The zero-order chi connectivity index (χ0) is 25.2. The number of hydrogen-bond donors (Lipinski definition) is 0. The Morgan fingerprint density at radius 1 is 0.533 bits per heavy atom. The Morgan fingerprint density at radius 3 is 1.00 bits per heavy atom. The summed E-state index contributed by atoms with van der Waals surface area (Å²) >= 11 is 3.37. The Balaban J connectivity index is 6.81. The Labute approximate surface area is 159 Å². The highest BCUT2D eigenvalue weighted by Crippen LogP contribution is 2.64. The van der Waals surface area contributed by atoms with Gasteiger partial charge in [-0.25, -0.2) is 0 Å². The number of carbonyl (C=O) groups is 1. The van der Waals surface area contributed by atoms with E-state index in [1.807, 2.05) is 0 Å². The number of halogens is 17. The first-order valence-electron chi connectivity index (χ1n) is 6.53. The maximum atomic E-state index is 13.4. The molecule has 0 unspecified atom stereocenters. The van der Waals surface area contributed by atoms with Gasteiger partial charge in [-0.3, -0.25) is 4.79 Å². The quantitative estimate of drug-likeness (QED) is 0.320. The lowest BCUT2D eigenvalue weighted by Crippen LogP contribution is -2.75. The zero-order valence-corrected chi connectivity index (χ0v) is 14.5. The van der Waals surface area contributed by atoms with E-state index in [2.05, 4.69) is 11.6 Å². The maximum absolute atomic E-state index is 13.4. The van der Waals surface area contributed by atoms with Gasteiger partial charge in [0.1, 0.15) is 0 Å². The first-order valence-corrected chi connectivity index (χ1v) is 6.91. The Bertz CT molecular complexity index is 667. The van der Waals surface area contributed by atoms with Crippen LogP contribution in [0.4, 0.5) is 70.2 Å². The van der Waals surface area contributed by atoms with E-state index in [0.29, 0.717) is 0 Å². The fraction of sp³-hybridized carbons (Fsp3) is 0.909. The summed E-state index contributed by atoms with van der Waals surface area (Å²) in [6.45, 7) is 0. The monoisotopic (exact) mass is 507 g/mol. The molecule has 1 amide bonds. The summed E-state index contributed by atoms with van der Waals surface area (Å²) in [6, 6.07) is 0. The van der Waals surface area contributed by atoms with Crippen LogP contribution in [0.25, 0.3) is 0 Å². The summed E-state index contributed by atoms with van der Waals surface area (Å²) in [6.07, 6.45) is 0. The first-order chi connectivity index (χ1) is 12.6. The van der Waals surface area contributed by atoms with E-state index in [9.17, 15) is 75.0 Å². The molecule has 0 aromatic rings. The second-order valence-corrected chi connectivity index (χ2v) is 6.19. The van der Waals surface area contributed by atoms with Crippen molar-refractivity contribution in [3.63, 3.8) is 0 Å². The standard InChI is InChI=1S/C11H6ClF16NO/c1-29(2)3(30)4(13,14)5(15,16)6(17,18)7(19,20)8(21,22)9(23,24)10(25,26)11(12,27)28/h1-2H3. The van der Waals surface area contributed by atoms with Crippen molar-refractivity contribution in [2.24, 2.45) is 0 Å². The van der Waals surface area contributed by atoms with Crippen LogP contribution in [0.5, 0.6) is 0 Å². The van der Waals surface area contributed by atoms with Crippen molar-refractivity contribution < 1.29 is 75.0 Å². The number of hydrogen-bond acceptors (Lipinski definition) is 1. The van der Waals surface area contributed by atoms with Crippen LogP contribution in [0.3, 0.4) is 0 Å². The third-order valence-corrected chi connectivity index (χ3v) is 3.63. The molecule has 0 bridgehead atoms. The van der Waals surface area contributed by atoms with Crippen LogP contribution in [0.15, 0.2) is 0 Å². The highest BCUT2D eigenvalue weighted by atomic mass is 35.5. The third kappa shape index (κ3) is 3.41. The number of amides is 1. The van der Waals surface area contributed by atoms with Gasteiger partial charge >= 0.3 is 46.8 Å². The van der Waals surface area contributed by atoms with Crippen LogP contribution in [-0.2, 0) is 4.79 Å². The van der Waals surface area contributed by atoms with Gasteiger partial charge in [0.25, 0.3) is 5.91 Å². The molecule has 0 radical (unpaired) electrons. The molecule has 0 heterocycles. The van der Waals surface area contributed by atoms with E-state index >= 15 is 0 Å². The van der Waals surface area contributed by atoms with E-state index in [1.165, 1.54) is 0 Å². The van der Waals surface area contributed by atoms with Crippen LogP contribution >= 0.6 is 11.6 Å². The molecule has 0 saturated heterocycles. The Kier molecular flexibility index (Phi) is 6.76. The molecular formula is C11H6ClF16NO. The molecule has 0 aromatic carbocycles. The van der Waals surface area contributed by atoms with Crippen molar-refractivity contribution in [3.05, 3.63) is 0 Å². The van der Waals surface area contributed by atoms with Crippen LogP contribution in [0.2, 0.25) is 0 Å². The summed E-state index contributed by atoms with van der Waals surface area (Å²) in [5, 5.41) is -6.83. The van der Waals surface area contributed by atoms with Crippen molar-refractivity contribution in [2.75, 3.05) is 14.1 Å². The largest absolute Gasteiger partial charge is 0.393 e. The predicted molar refractivity (Wildman–Crippen MR) is 64.1 cm³/mol. The fourth-order valence-electron chi connectivity index (χ4n) is 1.58. The molecule has 0 atom stereocenters. The van der Waals surface area contributed by atoms with Gasteiger partial charge in [0.05, 0.1) is 0 Å². The lowest BCUT2D eigenvalue weighted by molar-refractivity contribution is -0.446. The molecule has 30 heavy (non-hydrogen) atoms. The van der Waals surface area contributed by atoms with Crippen LogP contribution in [0.1, 0.15) is 0 Å². The van der Waals surface area contributed by atoms with Crippen LogP contribution in [0, 0.1) is 0 Å². The molecule has 0 aliphatic rings. The molecule has 0 saturated carbocycles. The molecule has 0 rings (SSSR count). The predicted octanol–water partition coefficient (Wildman–Crippen LogP) is 5.35. The average molecular weight is 508 g/mol. The third-order valence-electron chi connectivity index (χ3n) is 3.40. The molecule has 0 aromatic heterocycles. The van der Waals surface area contributed by atoms with E-state index in [-0.39, 0.29) is 14.1 Å². The highest BCUT2D eigenvalue weighted by molar-refractivity contribution is 6.22. The summed E-state index contributed by atoms with van der Waals surface area (Å²) in [7, 11) is 0.322. The molecule has 180 valence electrons. The average Bonchev–Trinajstić information content (AvgIpc) is 2.51. The Hall–Kier alpha value is -1.36. The Morgan fingerprint density at radius 2 is 0.767 bits per heavy atom. The minimum Gasteiger partial charge on any atom is -0.343 e. The van der Waals surface area contributed by atoms with Gasteiger partial charge < -0.3 is 4.90 Å². The van der Waals surface area contributed by atoms with Crippen molar-refractivity contribution in [1.29, 1.82) is 0 Å². The molecular weight excluding hydrogens is 502 g/mol. The highest BCUT2D eigenvalue weighted by Gasteiger charge is 2.95. The molecule has 0 N–H and O–H groups in total. The molecule has 0 fully saturated rings. The van der Waals surface area contributed by atoms with Gasteiger partial charge in [-0.15, -0.1) is 0 Å². The van der Waals surface area contributed by atoms with Crippen molar-refractivity contribution >= 4 is 17.5 Å². The number of alkyl halides is 17. The van der Waals surface area contributed by atoms with Crippen LogP contribution in [-0.4, -0.2) is 71.7 Å². The van der Waals surface area contributed by atoms with Gasteiger partial charge in [0.15, 0.2) is 0 Å². The van der Waals surface area contributed by atoms with Crippen molar-refractivity contribution in [3.8, 4) is 0 Å². The van der Waals surface area contributed by atoms with E-state index in [4.69, 9.17) is 0 Å². The summed E-state index contributed by atoms with van der Waals surface area (Å²) < 4.78 is 210. The summed E-state index contributed by atoms with van der Waals surface area (Å²) in [5.74, 6) is -60.0. The lowest BCUT2D eigenvalue weighted by Gasteiger charge is -2.42. The van der Waals surface area contributed by atoms with E-state index in [0.717, 1.165) is 0 Å². The fourth-order valence-corrected chi connectivity index (χ4v) is 1.70. The zero-order valence-electron chi connectivity index (χ0n) is 13.8. The first kappa shape index (κ1) is 28.6. The maximum Gasteiger partial charge on any atom is 0.393 e. The van der Waals surface area contributed by atoms with E-state index < -0.39 is 57.6 Å². The second kappa shape index (κ2) is 7.08. The molecule has 0 aliphatic heterocycles. The van der Waals surface area contributed by atoms with Gasteiger partial charge in [-0.05, 0) is 11.6 Å². The molecule has 0 aliphatic carbocycles. The number of carbonyl (C=O) groups excluding carboxylic acids is 1. The summed E-state index contributed by atoms with van der Waals surface area (Å²) in [5.41, 5.74) is 0. The molecule has 2 nitrogen and oxygen atoms in total. The van der Waals surface area contributed by atoms with E-state index in [1.54, 1.807) is 0 Å². The van der Waals surface area contributed by atoms with Gasteiger partial charge in [0.2, 0.25) is 0 Å². The SMILES string of the molecule is CN(C)C(=O)C(F)(F)C(F)(F)C(F)(F)C(F)(F)C(F)(F)C(F)(F)C(F)(F)C(F)(F)Cl. The topological polar surface area (TPSA) is 20.3 Å². The van der Waals surface area contributed by atoms with Crippen molar-refractivity contribution in [2.45, 2.75) is 46.8 Å². The minimum absolute atomic E-state index is 0.161. The van der Waals surface area contributed by atoms with Gasteiger partial charge in [-0.1, -0.05) is 0 Å². The van der Waals surface area contributed by atoms with Crippen molar-refractivity contribution in [1.82, 2.24) is 4.90 Å². The normalized spacial score (nSPS) is 16.0. The van der Waals surface area contributed by atoms with Gasteiger partial charge in [-0.2, -0.15) is 70.2 Å².